The average molecular weight is 465 g/mol. The summed E-state index contributed by atoms with van der Waals surface area (Å²) in [6.07, 6.45) is 3.95. The standard InChI is InChI=1S/C20H20N2O5S3/c1-4-11-22-17-10-9-16(30(3,26)27)13-18(17)28-20(22)21-19(23)12-14-5-7-15(8-6-14)29(2,24)25/h4-10,13H,1,11-12H2,2-3H3. The average Bonchev–Trinajstić information content (AvgIpc) is 2.97. The molecule has 0 aliphatic carbocycles. The molecular weight excluding hydrogens is 444 g/mol. The number of benzene rings is 2. The van der Waals surface area contributed by atoms with Crippen molar-refractivity contribution >= 4 is 47.1 Å². The number of carbonyl (C=O) groups excluding carboxylic acids is 1. The number of allylic oxidation sites excluding steroid dienone is 1. The SMILES string of the molecule is C=CCn1c(=NC(=O)Cc2ccc(S(C)(=O)=O)cc2)sc2cc(S(C)(=O)=O)ccc21. The first-order valence-corrected chi connectivity index (χ1v) is 13.4. The highest BCUT2D eigenvalue weighted by Crippen LogP contribution is 2.22. The summed E-state index contributed by atoms with van der Waals surface area (Å²) in [4.78, 5) is 17.5. The molecule has 0 radical (unpaired) electrons. The maximum Gasteiger partial charge on any atom is 0.252 e. The van der Waals surface area contributed by atoms with E-state index in [9.17, 15) is 21.6 Å². The predicted molar refractivity (Wildman–Crippen MR) is 117 cm³/mol. The van der Waals surface area contributed by atoms with Crippen LogP contribution in [0.5, 0.6) is 0 Å². The van der Waals surface area contributed by atoms with Crippen molar-refractivity contribution in [2.24, 2.45) is 4.99 Å². The number of nitrogens with zero attached hydrogens (tertiary/aromatic N) is 2. The molecule has 1 heterocycles. The number of amides is 1. The Kier molecular flexibility index (Phi) is 6.11. The number of aromatic nitrogens is 1. The molecule has 0 unspecified atom stereocenters. The van der Waals surface area contributed by atoms with Gasteiger partial charge in [0, 0.05) is 19.1 Å². The van der Waals surface area contributed by atoms with Gasteiger partial charge in [0.2, 0.25) is 0 Å². The minimum absolute atomic E-state index is 0.0148. The molecule has 158 valence electrons. The summed E-state index contributed by atoms with van der Waals surface area (Å²) >= 11 is 1.22. The Morgan fingerprint density at radius 2 is 1.63 bits per heavy atom. The number of fused-ring (bicyclic) bond motifs is 1. The number of hydrogen-bond acceptors (Lipinski definition) is 6. The molecule has 0 atom stereocenters. The highest BCUT2D eigenvalue weighted by atomic mass is 32.2. The summed E-state index contributed by atoms with van der Waals surface area (Å²) in [7, 11) is -6.65. The third kappa shape index (κ3) is 4.94. The summed E-state index contributed by atoms with van der Waals surface area (Å²) in [5.74, 6) is -0.394. The zero-order valence-corrected chi connectivity index (χ0v) is 18.9. The van der Waals surface area contributed by atoms with Gasteiger partial charge in [0.1, 0.15) is 0 Å². The second-order valence-corrected chi connectivity index (χ2v) is 11.8. The van der Waals surface area contributed by atoms with Crippen LogP contribution in [0.4, 0.5) is 0 Å². The lowest BCUT2D eigenvalue weighted by molar-refractivity contribution is -0.117. The molecule has 2 aromatic carbocycles. The summed E-state index contributed by atoms with van der Waals surface area (Å²) in [6, 6.07) is 10.9. The number of thiazole rings is 1. The van der Waals surface area contributed by atoms with Crippen molar-refractivity contribution in [3.05, 3.63) is 65.5 Å². The van der Waals surface area contributed by atoms with E-state index in [0.717, 1.165) is 18.0 Å². The van der Waals surface area contributed by atoms with Crippen LogP contribution in [0.3, 0.4) is 0 Å². The number of sulfone groups is 2. The maximum atomic E-state index is 12.5. The van der Waals surface area contributed by atoms with Gasteiger partial charge in [-0.05, 0) is 35.9 Å². The monoisotopic (exact) mass is 464 g/mol. The molecule has 3 rings (SSSR count). The van der Waals surface area contributed by atoms with Crippen LogP contribution in [0, 0.1) is 0 Å². The van der Waals surface area contributed by atoms with Crippen molar-refractivity contribution in [3.63, 3.8) is 0 Å². The van der Waals surface area contributed by atoms with Crippen LogP contribution < -0.4 is 4.80 Å². The molecule has 0 bridgehead atoms. The summed E-state index contributed by atoms with van der Waals surface area (Å²) in [5.41, 5.74) is 1.41. The quantitative estimate of drug-likeness (QED) is 0.521. The minimum Gasteiger partial charge on any atom is -0.313 e. The Hall–Kier alpha value is -2.56. The van der Waals surface area contributed by atoms with Crippen LogP contribution in [-0.4, -0.2) is 39.8 Å². The minimum atomic E-state index is -3.35. The van der Waals surface area contributed by atoms with Crippen molar-refractivity contribution in [1.29, 1.82) is 0 Å². The molecule has 30 heavy (non-hydrogen) atoms. The van der Waals surface area contributed by atoms with Gasteiger partial charge in [0.15, 0.2) is 24.5 Å². The van der Waals surface area contributed by atoms with E-state index in [1.165, 1.54) is 29.5 Å². The first-order chi connectivity index (χ1) is 14.0. The van der Waals surface area contributed by atoms with Gasteiger partial charge in [-0.25, -0.2) is 16.8 Å². The van der Waals surface area contributed by atoms with Crippen molar-refractivity contribution in [1.82, 2.24) is 4.57 Å². The zero-order chi connectivity index (χ0) is 22.1. The molecule has 0 aliphatic rings. The molecule has 0 N–H and O–H groups in total. The Morgan fingerprint density at radius 3 is 2.20 bits per heavy atom. The Balaban J connectivity index is 1.98. The van der Waals surface area contributed by atoms with Gasteiger partial charge < -0.3 is 4.57 Å². The largest absolute Gasteiger partial charge is 0.313 e. The van der Waals surface area contributed by atoms with E-state index < -0.39 is 25.6 Å². The van der Waals surface area contributed by atoms with Crippen molar-refractivity contribution < 1.29 is 21.6 Å². The van der Waals surface area contributed by atoms with Crippen LogP contribution in [0.15, 0.2) is 69.9 Å². The molecule has 1 aromatic heterocycles. The van der Waals surface area contributed by atoms with Gasteiger partial charge in [-0.1, -0.05) is 29.5 Å². The third-order valence-electron chi connectivity index (χ3n) is 4.32. The summed E-state index contributed by atoms with van der Waals surface area (Å²) < 4.78 is 49.2. The van der Waals surface area contributed by atoms with Crippen molar-refractivity contribution in [3.8, 4) is 0 Å². The molecular formula is C20H20N2O5S3. The fourth-order valence-corrected chi connectivity index (χ4v) is 5.30. The van der Waals surface area contributed by atoms with Gasteiger partial charge in [-0.2, -0.15) is 4.99 Å². The Bertz CT molecular complexity index is 1410. The van der Waals surface area contributed by atoms with Gasteiger partial charge in [-0.3, -0.25) is 4.79 Å². The van der Waals surface area contributed by atoms with Crippen LogP contribution in [-0.2, 0) is 37.4 Å². The van der Waals surface area contributed by atoms with Gasteiger partial charge in [-0.15, -0.1) is 6.58 Å². The molecule has 0 saturated carbocycles. The normalized spacial score (nSPS) is 12.9. The second-order valence-electron chi connectivity index (χ2n) is 6.78. The van der Waals surface area contributed by atoms with Crippen LogP contribution >= 0.6 is 11.3 Å². The summed E-state index contributed by atoms with van der Waals surface area (Å²) in [6.45, 7) is 4.14. The fraction of sp³-hybridized carbons (Fsp3) is 0.200. The van der Waals surface area contributed by atoms with E-state index in [-0.39, 0.29) is 16.2 Å². The number of hydrogen-bond donors (Lipinski definition) is 0. The van der Waals surface area contributed by atoms with Crippen molar-refractivity contribution in [2.75, 3.05) is 12.5 Å². The van der Waals surface area contributed by atoms with E-state index in [0.29, 0.717) is 21.6 Å². The molecule has 7 nitrogen and oxygen atoms in total. The zero-order valence-electron chi connectivity index (χ0n) is 16.4. The molecule has 3 aromatic rings. The van der Waals surface area contributed by atoms with Crippen molar-refractivity contribution in [2.45, 2.75) is 22.8 Å². The van der Waals surface area contributed by atoms with E-state index in [1.54, 1.807) is 34.9 Å². The third-order valence-corrected chi connectivity index (χ3v) is 7.60. The maximum absolute atomic E-state index is 12.5. The van der Waals surface area contributed by atoms with E-state index in [4.69, 9.17) is 0 Å². The lowest BCUT2D eigenvalue weighted by atomic mass is 10.1. The lowest BCUT2D eigenvalue weighted by Crippen LogP contribution is -2.17. The van der Waals surface area contributed by atoms with E-state index >= 15 is 0 Å². The molecule has 10 heteroatoms. The second kappa shape index (κ2) is 8.29. The molecule has 0 aliphatic heterocycles. The van der Waals surface area contributed by atoms with Crippen LogP contribution in [0.1, 0.15) is 5.56 Å². The molecule has 0 fully saturated rings. The van der Waals surface area contributed by atoms with Crippen LogP contribution in [0.25, 0.3) is 10.2 Å². The highest BCUT2D eigenvalue weighted by Gasteiger charge is 2.13. The Labute approximate surface area is 178 Å². The van der Waals surface area contributed by atoms with E-state index in [1.807, 2.05) is 0 Å². The lowest BCUT2D eigenvalue weighted by Gasteiger charge is -2.03. The topological polar surface area (TPSA) is 103 Å². The predicted octanol–water partition coefficient (Wildman–Crippen LogP) is 2.37. The Morgan fingerprint density at radius 1 is 1.03 bits per heavy atom. The number of rotatable bonds is 6. The molecule has 1 amide bonds. The van der Waals surface area contributed by atoms with Gasteiger partial charge >= 0.3 is 0 Å². The fourth-order valence-electron chi connectivity index (χ4n) is 2.85. The molecule has 0 saturated heterocycles. The van der Waals surface area contributed by atoms with Gasteiger partial charge in [0.05, 0.1) is 26.4 Å². The first kappa shape index (κ1) is 22.1. The van der Waals surface area contributed by atoms with Crippen LogP contribution in [0.2, 0.25) is 0 Å². The highest BCUT2D eigenvalue weighted by molar-refractivity contribution is 7.91. The smallest absolute Gasteiger partial charge is 0.252 e. The first-order valence-electron chi connectivity index (χ1n) is 8.80. The molecule has 0 spiro atoms. The summed E-state index contributed by atoms with van der Waals surface area (Å²) in [5, 5.41) is 0. The van der Waals surface area contributed by atoms with E-state index in [2.05, 4.69) is 11.6 Å². The number of carbonyl (C=O) groups is 1. The van der Waals surface area contributed by atoms with Gasteiger partial charge in [0.25, 0.3) is 5.91 Å².